The molecule has 0 spiro atoms. The fourth-order valence-corrected chi connectivity index (χ4v) is 2.75. The van der Waals surface area contributed by atoms with Gasteiger partial charge in [0.1, 0.15) is 5.75 Å². The number of anilines is 2. The molecule has 6 nitrogen and oxygen atoms in total. The van der Waals surface area contributed by atoms with Crippen LogP contribution in [0.4, 0.5) is 11.4 Å². The first-order chi connectivity index (χ1) is 13.4. The summed E-state index contributed by atoms with van der Waals surface area (Å²) in [5, 5.41) is 6.24. The van der Waals surface area contributed by atoms with Gasteiger partial charge in [-0.05, 0) is 61.5 Å². The van der Waals surface area contributed by atoms with Crippen molar-refractivity contribution in [2.24, 2.45) is 0 Å². The summed E-state index contributed by atoms with van der Waals surface area (Å²) in [6.45, 7) is 1.61. The van der Waals surface area contributed by atoms with Crippen molar-refractivity contribution in [1.82, 2.24) is 0 Å². The number of ether oxygens (including phenoxy) is 1. The van der Waals surface area contributed by atoms with E-state index in [4.69, 9.17) is 32.4 Å². The zero-order valence-electron chi connectivity index (χ0n) is 14.7. The Kier molecular flexibility index (Phi) is 6.23. The van der Waals surface area contributed by atoms with E-state index in [9.17, 15) is 9.59 Å². The zero-order chi connectivity index (χ0) is 20.1. The van der Waals surface area contributed by atoms with Gasteiger partial charge in [-0.3, -0.25) is 9.59 Å². The predicted octanol–water partition coefficient (Wildman–Crippen LogP) is 5.24. The van der Waals surface area contributed by atoms with Gasteiger partial charge in [0.2, 0.25) is 0 Å². The first kappa shape index (κ1) is 19.8. The Bertz CT molecular complexity index is 972. The van der Waals surface area contributed by atoms with Crippen LogP contribution in [0.5, 0.6) is 5.75 Å². The Labute approximate surface area is 171 Å². The van der Waals surface area contributed by atoms with Crippen LogP contribution in [0.2, 0.25) is 10.0 Å². The van der Waals surface area contributed by atoms with Crippen molar-refractivity contribution in [1.29, 1.82) is 0 Å². The molecule has 0 aliphatic carbocycles. The van der Waals surface area contributed by atoms with Gasteiger partial charge in [-0.25, -0.2) is 0 Å². The summed E-state index contributed by atoms with van der Waals surface area (Å²) in [4.78, 5) is 24.3. The van der Waals surface area contributed by atoms with Crippen LogP contribution < -0.4 is 15.4 Å². The van der Waals surface area contributed by atoms with Gasteiger partial charge in [-0.15, -0.1) is 0 Å². The summed E-state index contributed by atoms with van der Waals surface area (Å²) < 4.78 is 10.6. The molecular formula is C20H16Cl2N2O4. The third kappa shape index (κ3) is 5.06. The predicted molar refractivity (Wildman–Crippen MR) is 108 cm³/mol. The molecule has 0 aliphatic rings. The highest BCUT2D eigenvalue weighted by molar-refractivity contribution is 6.35. The Morgan fingerprint density at radius 1 is 1.00 bits per heavy atom. The Balaban J connectivity index is 1.57. The fourth-order valence-electron chi connectivity index (χ4n) is 2.30. The average molecular weight is 419 g/mol. The molecule has 144 valence electrons. The Morgan fingerprint density at radius 3 is 2.29 bits per heavy atom. The van der Waals surface area contributed by atoms with Crippen molar-refractivity contribution < 1.29 is 18.7 Å². The van der Waals surface area contributed by atoms with Crippen LogP contribution >= 0.6 is 23.2 Å². The van der Waals surface area contributed by atoms with Gasteiger partial charge in [0.15, 0.2) is 11.9 Å². The second kappa shape index (κ2) is 8.82. The lowest BCUT2D eigenvalue weighted by Gasteiger charge is -2.16. The van der Waals surface area contributed by atoms with Crippen molar-refractivity contribution in [2.45, 2.75) is 13.0 Å². The van der Waals surface area contributed by atoms with Gasteiger partial charge in [0.25, 0.3) is 11.8 Å². The largest absolute Gasteiger partial charge is 0.479 e. The number of nitrogens with one attached hydrogen (secondary N) is 2. The maximum Gasteiger partial charge on any atom is 0.291 e. The third-order valence-electron chi connectivity index (χ3n) is 3.72. The molecule has 2 amide bonds. The minimum atomic E-state index is -0.781. The van der Waals surface area contributed by atoms with Crippen LogP contribution in [-0.2, 0) is 4.79 Å². The maximum atomic E-state index is 12.3. The Hall–Kier alpha value is -2.96. The molecule has 0 saturated heterocycles. The van der Waals surface area contributed by atoms with E-state index in [2.05, 4.69) is 10.6 Å². The van der Waals surface area contributed by atoms with E-state index in [0.717, 1.165) is 0 Å². The van der Waals surface area contributed by atoms with Gasteiger partial charge in [0, 0.05) is 16.4 Å². The number of carbonyl (C=O) groups excluding carboxylic acids is 2. The second-order valence-corrected chi connectivity index (χ2v) is 6.68. The molecule has 0 saturated carbocycles. The highest BCUT2D eigenvalue weighted by Gasteiger charge is 2.17. The number of amides is 2. The number of benzene rings is 2. The van der Waals surface area contributed by atoms with Crippen LogP contribution in [0.3, 0.4) is 0 Å². The molecule has 3 aromatic rings. The summed E-state index contributed by atoms with van der Waals surface area (Å²) in [7, 11) is 0. The number of furan rings is 1. The molecule has 0 radical (unpaired) electrons. The monoisotopic (exact) mass is 418 g/mol. The van der Waals surface area contributed by atoms with Gasteiger partial charge in [-0.1, -0.05) is 23.2 Å². The van der Waals surface area contributed by atoms with E-state index in [1.807, 2.05) is 0 Å². The molecule has 0 fully saturated rings. The number of hydrogen-bond acceptors (Lipinski definition) is 4. The molecule has 2 aromatic carbocycles. The van der Waals surface area contributed by atoms with Crippen LogP contribution in [0.15, 0.2) is 65.3 Å². The van der Waals surface area contributed by atoms with Gasteiger partial charge in [0.05, 0.1) is 11.3 Å². The van der Waals surface area contributed by atoms with Crippen LogP contribution in [-0.4, -0.2) is 17.9 Å². The summed E-state index contributed by atoms with van der Waals surface area (Å²) in [6, 6.07) is 14.6. The minimum Gasteiger partial charge on any atom is -0.479 e. The van der Waals surface area contributed by atoms with Crippen molar-refractivity contribution in [2.75, 3.05) is 10.6 Å². The highest BCUT2D eigenvalue weighted by Crippen LogP contribution is 2.28. The van der Waals surface area contributed by atoms with Crippen molar-refractivity contribution in [3.8, 4) is 5.75 Å². The number of halogens is 2. The SMILES string of the molecule is C[C@@H](Oc1ccc(Cl)cc1Cl)C(=O)Nc1ccc(NC(=O)c2ccco2)cc1. The summed E-state index contributed by atoms with van der Waals surface area (Å²) in [5.74, 6) is -0.129. The van der Waals surface area contributed by atoms with Crippen molar-refractivity contribution in [3.05, 3.63) is 76.7 Å². The van der Waals surface area contributed by atoms with Gasteiger partial charge >= 0.3 is 0 Å². The topological polar surface area (TPSA) is 80.6 Å². The summed E-state index contributed by atoms with van der Waals surface area (Å²) in [5.41, 5.74) is 1.12. The van der Waals surface area contributed by atoms with Crippen LogP contribution in [0.1, 0.15) is 17.5 Å². The van der Waals surface area contributed by atoms with E-state index in [-0.39, 0.29) is 17.6 Å². The Morgan fingerprint density at radius 2 is 1.68 bits per heavy atom. The third-order valence-corrected chi connectivity index (χ3v) is 4.25. The molecule has 8 heteroatoms. The molecule has 1 atom stereocenters. The second-order valence-electron chi connectivity index (χ2n) is 5.83. The summed E-state index contributed by atoms with van der Waals surface area (Å²) in [6.07, 6.45) is 0.644. The molecule has 1 aromatic heterocycles. The molecule has 0 aliphatic heterocycles. The highest BCUT2D eigenvalue weighted by atomic mass is 35.5. The average Bonchev–Trinajstić information content (AvgIpc) is 3.20. The van der Waals surface area contributed by atoms with Crippen LogP contribution in [0, 0.1) is 0 Å². The van der Waals surface area contributed by atoms with E-state index >= 15 is 0 Å². The minimum absolute atomic E-state index is 0.212. The lowest BCUT2D eigenvalue weighted by atomic mass is 10.2. The maximum absolute atomic E-state index is 12.3. The molecule has 0 unspecified atom stereocenters. The zero-order valence-corrected chi connectivity index (χ0v) is 16.3. The standard InChI is InChI=1S/C20H16Cl2N2O4/c1-12(28-17-9-4-13(21)11-16(17)22)19(25)23-14-5-7-15(8-6-14)24-20(26)18-3-2-10-27-18/h2-12H,1H3,(H,23,25)(H,24,26)/t12-/m1/s1. The van der Waals surface area contributed by atoms with E-state index in [0.29, 0.717) is 27.2 Å². The van der Waals surface area contributed by atoms with Gasteiger partial charge < -0.3 is 19.8 Å². The first-order valence-electron chi connectivity index (χ1n) is 8.30. The molecular weight excluding hydrogens is 403 g/mol. The normalized spacial score (nSPS) is 11.5. The lowest BCUT2D eigenvalue weighted by molar-refractivity contribution is -0.122. The molecule has 28 heavy (non-hydrogen) atoms. The fraction of sp³-hybridized carbons (Fsp3) is 0.100. The molecule has 2 N–H and O–H groups in total. The smallest absolute Gasteiger partial charge is 0.291 e. The molecule has 0 bridgehead atoms. The number of carbonyl (C=O) groups is 2. The quantitative estimate of drug-likeness (QED) is 0.572. The lowest BCUT2D eigenvalue weighted by Crippen LogP contribution is -2.30. The van der Waals surface area contributed by atoms with E-state index < -0.39 is 6.10 Å². The van der Waals surface area contributed by atoms with Crippen LogP contribution in [0.25, 0.3) is 0 Å². The van der Waals surface area contributed by atoms with Gasteiger partial charge in [-0.2, -0.15) is 0 Å². The van der Waals surface area contributed by atoms with Crippen molar-refractivity contribution >= 4 is 46.4 Å². The van der Waals surface area contributed by atoms with E-state index in [1.54, 1.807) is 61.5 Å². The summed E-state index contributed by atoms with van der Waals surface area (Å²) >= 11 is 11.9. The number of rotatable bonds is 6. The van der Waals surface area contributed by atoms with E-state index in [1.165, 1.54) is 6.26 Å². The first-order valence-corrected chi connectivity index (χ1v) is 9.05. The molecule has 3 rings (SSSR count). The van der Waals surface area contributed by atoms with Crippen molar-refractivity contribution in [3.63, 3.8) is 0 Å². The number of hydrogen-bond donors (Lipinski definition) is 2. The molecule has 1 heterocycles.